The van der Waals surface area contributed by atoms with Gasteiger partial charge in [0.25, 0.3) is 0 Å². The van der Waals surface area contributed by atoms with Crippen LogP contribution in [0.1, 0.15) is 18.4 Å². The number of benzene rings is 1. The first-order chi connectivity index (χ1) is 10.9. The quantitative estimate of drug-likeness (QED) is 0.655. The number of carbonyl (C=O) groups excluding carboxylic acids is 1. The van der Waals surface area contributed by atoms with Crippen molar-refractivity contribution in [1.29, 1.82) is 0 Å². The average molecular weight is 371 g/mol. The monoisotopic (exact) mass is 370 g/mol. The zero-order valence-electron chi connectivity index (χ0n) is 13.3. The fourth-order valence-corrected chi connectivity index (χ4v) is 1.82. The van der Waals surface area contributed by atoms with Gasteiger partial charge in [0.05, 0.1) is 7.11 Å². The number of alkyl halides is 3. The van der Waals surface area contributed by atoms with Gasteiger partial charge < -0.3 is 20.5 Å². The molecule has 138 valence electrons. The van der Waals surface area contributed by atoms with E-state index in [-0.39, 0.29) is 36.2 Å². The molecule has 0 radical (unpaired) electrons. The number of nitrogens with two attached hydrogens (primary N) is 1. The molecule has 0 aliphatic rings. The second-order valence-corrected chi connectivity index (χ2v) is 4.88. The van der Waals surface area contributed by atoms with E-state index in [0.717, 1.165) is 5.56 Å². The van der Waals surface area contributed by atoms with Gasteiger partial charge in [-0.15, -0.1) is 12.4 Å². The summed E-state index contributed by atoms with van der Waals surface area (Å²) < 4.78 is 46.3. The molecule has 0 saturated heterocycles. The van der Waals surface area contributed by atoms with Crippen LogP contribution in [0.3, 0.4) is 0 Å². The fraction of sp³-hybridized carbons (Fsp3) is 0.533. The van der Waals surface area contributed by atoms with Crippen LogP contribution in [0.25, 0.3) is 0 Å². The van der Waals surface area contributed by atoms with Crippen molar-refractivity contribution < 1.29 is 27.4 Å². The lowest BCUT2D eigenvalue weighted by molar-refractivity contribution is -0.153. The second-order valence-electron chi connectivity index (χ2n) is 4.88. The molecule has 0 aromatic heterocycles. The van der Waals surface area contributed by atoms with Crippen molar-refractivity contribution in [2.75, 3.05) is 26.8 Å². The highest BCUT2D eigenvalue weighted by atomic mass is 35.5. The van der Waals surface area contributed by atoms with Crippen LogP contribution in [0.15, 0.2) is 18.2 Å². The molecule has 0 saturated carbocycles. The van der Waals surface area contributed by atoms with Crippen molar-refractivity contribution in [3.05, 3.63) is 23.8 Å². The molecular weight excluding hydrogens is 349 g/mol. The van der Waals surface area contributed by atoms with Crippen LogP contribution in [-0.2, 0) is 11.2 Å². The number of ether oxygens (including phenoxy) is 2. The van der Waals surface area contributed by atoms with Gasteiger partial charge in [-0.05, 0) is 37.1 Å². The Balaban J connectivity index is 0.00000529. The number of rotatable bonds is 9. The molecule has 5 nitrogen and oxygen atoms in total. The number of methoxy groups -OCH3 is 1. The Morgan fingerprint density at radius 2 is 2.00 bits per heavy atom. The van der Waals surface area contributed by atoms with Gasteiger partial charge in [-0.3, -0.25) is 4.79 Å². The highest BCUT2D eigenvalue weighted by molar-refractivity contribution is 5.85. The molecule has 3 N–H and O–H groups in total. The summed E-state index contributed by atoms with van der Waals surface area (Å²) in [6.45, 7) is -0.341. The molecule has 0 atom stereocenters. The number of halogens is 4. The predicted molar refractivity (Wildman–Crippen MR) is 86.8 cm³/mol. The Kier molecular flexibility index (Phi) is 10.2. The molecule has 1 aromatic carbocycles. The van der Waals surface area contributed by atoms with Crippen LogP contribution in [0.5, 0.6) is 11.5 Å². The molecule has 9 heteroatoms. The van der Waals surface area contributed by atoms with E-state index in [1.54, 1.807) is 12.1 Å². The minimum absolute atomic E-state index is 0. The fourth-order valence-electron chi connectivity index (χ4n) is 1.82. The van der Waals surface area contributed by atoms with Gasteiger partial charge in [0.1, 0.15) is 0 Å². The van der Waals surface area contributed by atoms with Gasteiger partial charge in [-0.2, -0.15) is 13.2 Å². The second kappa shape index (κ2) is 11.0. The van der Waals surface area contributed by atoms with Crippen LogP contribution in [-0.4, -0.2) is 38.9 Å². The third-order valence-corrected chi connectivity index (χ3v) is 2.96. The third-order valence-electron chi connectivity index (χ3n) is 2.96. The van der Waals surface area contributed by atoms with Crippen molar-refractivity contribution >= 4 is 18.3 Å². The van der Waals surface area contributed by atoms with Gasteiger partial charge in [0.15, 0.2) is 18.1 Å². The van der Waals surface area contributed by atoms with Crippen LogP contribution < -0.4 is 20.5 Å². The minimum Gasteiger partial charge on any atom is -0.493 e. The molecule has 1 aromatic rings. The molecule has 0 heterocycles. The van der Waals surface area contributed by atoms with E-state index in [2.05, 4.69) is 5.32 Å². The predicted octanol–water partition coefficient (Wildman–Crippen LogP) is 2.46. The Labute approximate surface area is 145 Å². The molecule has 1 amide bonds. The van der Waals surface area contributed by atoms with Crippen molar-refractivity contribution in [3.63, 3.8) is 0 Å². The summed E-state index contributed by atoms with van der Waals surface area (Å²) in [6.07, 6.45) is -2.98. The standard InChI is InChI=1S/C15H21F3N2O3.ClH/c1-22-13-9-11(4-6-14(21)20-8-2-7-19)3-5-12(13)23-10-15(16,17)18;/h3,5,9H,2,4,6-8,10,19H2,1H3,(H,20,21);1H. The molecule has 0 unspecified atom stereocenters. The lowest BCUT2D eigenvalue weighted by Crippen LogP contribution is -2.26. The van der Waals surface area contributed by atoms with E-state index < -0.39 is 12.8 Å². The van der Waals surface area contributed by atoms with E-state index in [1.807, 2.05) is 0 Å². The van der Waals surface area contributed by atoms with Gasteiger partial charge >= 0.3 is 6.18 Å². The molecule has 0 spiro atoms. The minimum atomic E-state index is -4.41. The number of hydrogen-bond donors (Lipinski definition) is 2. The summed E-state index contributed by atoms with van der Waals surface area (Å²) in [7, 11) is 1.35. The molecule has 0 bridgehead atoms. The van der Waals surface area contributed by atoms with E-state index in [4.69, 9.17) is 15.2 Å². The van der Waals surface area contributed by atoms with E-state index in [9.17, 15) is 18.0 Å². The number of carbonyl (C=O) groups is 1. The van der Waals surface area contributed by atoms with E-state index in [1.165, 1.54) is 13.2 Å². The lowest BCUT2D eigenvalue weighted by atomic mass is 10.1. The van der Waals surface area contributed by atoms with Crippen LogP contribution in [0, 0.1) is 0 Å². The van der Waals surface area contributed by atoms with Crippen LogP contribution >= 0.6 is 12.4 Å². The Morgan fingerprint density at radius 3 is 2.58 bits per heavy atom. The van der Waals surface area contributed by atoms with Crippen LogP contribution in [0.2, 0.25) is 0 Å². The molecule has 0 fully saturated rings. The average Bonchev–Trinajstić information content (AvgIpc) is 2.50. The first-order valence-electron chi connectivity index (χ1n) is 7.19. The van der Waals surface area contributed by atoms with E-state index in [0.29, 0.717) is 25.9 Å². The molecule has 1 rings (SSSR count). The zero-order chi connectivity index (χ0) is 17.3. The number of hydrogen-bond acceptors (Lipinski definition) is 4. The third kappa shape index (κ3) is 8.83. The van der Waals surface area contributed by atoms with Gasteiger partial charge in [-0.1, -0.05) is 6.07 Å². The van der Waals surface area contributed by atoms with Crippen LogP contribution in [0.4, 0.5) is 13.2 Å². The number of nitrogens with one attached hydrogen (secondary N) is 1. The smallest absolute Gasteiger partial charge is 0.422 e. The van der Waals surface area contributed by atoms with Gasteiger partial charge in [0, 0.05) is 13.0 Å². The van der Waals surface area contributed by atoms with Crippen molar-refractivity contribution in [1.82, 2.24) is 5.32 Å². The number of aryl methyl sites for hydroxylation is 1. The number of amides is 1. The van der Waals surface area contributed by atoms with Gasteiger partial charge in [-0.25, -0.2) is 0 Å². The first kappa shape index (κ1) is 22.3. The zero-order valence-corrected chi connectivity index (χ0v) is 14.1. The normalized spacial score (nSPS) is 10.7. The van der Waals surface area contributed by atoms with E-state index >= 15 is 0 Å². The van der Waals surface area contributed by atoms with Gasteiger partial charge in [0.2, 0.25) is 5.91 Å². The molecule has 24 heavy (non-hydrogen) atoms. The highest BCUT2D eigenvalue weighted by Gasteiger charge is 2.29. The highest BCUT2D eigenvalue weighted by Crippen LogP contribution is 2.30. The SMILES string of the molecule is COc1cc(CCC(=O)NCCCN)ccc1OCC(F)(F)F.Cl. The molecule has 0 aliphatic carbocycles. The Morgan fingerprint density at radius 1 is 1.29 bits per heavy atom. The summed E-state index contributed by atoms with van der Waals surface area (Å²) in [6, 6.07) is 4.59. The Hall–Kier alpha value is -1.67. The summed E-state index contributed by atoms with van der Waals surface area (Å²) in [5.41, 5.74) is 6.10. The maximum absolute atomic E-state index is 12.2. The Bertz CT molecular complexity index is 513. The largest absolute Gasteiger partial charge is 0.493 e. The lowest BCUT2D eigenvalue weighted by Gasteiger charge is -2.13. The van der Waals surface area contributed by atoms with Crippen molar-refractivity contribution in [2.24, 2.45) is 5.73 Å². The first-order valence-corrected chi connectivity index (χ1v) is 7.19. The summed E-state index contributed by atoms with van der Waals surface area (Å²) in [5, 5.41) is 2.73. The van der Waals surface area contributed by atoms with Crippen molar-refractivity contribution in [2.45, 2.75) is 25.4 Å². The van der Waals surface area contributed by atoms with Crippen molar-refractivity contribution in [3.8, 4) is 11.5 Å². The maximum atomic E-state index is 12.2. The maximum Gasteiger partial charge on any atom is 0.422 e. The molecular formula is C15H22ClF3N2O3. The topological polar surface area (TPSA) is 73.6 Å². The summed E-state index contributed by atoms with van der Waals surface area (Å²) in [4.78, 5) is 11.6. The molecule has 0 aliphatic heterocycles. The summed E-state index contributed by atoms with van der Waals surface area (Å²) >= 11 is 0. The summed E-state index contributed by atoms with van der Waals surface area (Å²) in [5.74, 6) is 0.117.